The molecule has 2 aromatic rings. The van der Waals surface area contributed by atoms with Crippen LogP contribution < -0.4 is 15.8 Å². The molecule has 0 aliphatic carbocycles. The molecule has 0 saturated carbocycles. The second-order valence-corrected chi connectivity index (χ2v) is 5.49. The molecule has 0 fully saturated rings. The Morgan fingerprint density at radius 3 is 2.80 bits per heavy atom. The van der Waals surface area contributed by atoms with Crippen LogP contribution in [-0.2, 0) is 0 Å². The van der Waals surface area contributed by atoms with Crippen molar-refractivity contribution in [2.24, 2.45) is 5.73 Å². The van der Waals surface area contributed by atoms with Crippen molar-refractivity contribution in [2.45, 2.75) is 6.92 Å². The van der Waals surface area contributed by atoms with Gasteiger partial charge in [0.25, 0.3) is 5.91 Å². The molecule has 0 aliphatic heterocycles. The summed E-state index contributed by atoms with van der Waals surface area (Å²) in [6.07, 6.45) is 0. The van der Waals surface area contributed by atoms with Crippen molar-refractivity contribution < 1.29 is 9.53 Å². The van der Waals surface area contributed by atoms with Crippen LogP contribution in [0.3, 0.4) is 0 Å². The van der Waals surface area contributed by atoms with Crippen molar-refractivity contribution in [3.63, 3.8) is 0 Å². The molecular weight excluding hydrogens is 292 g/mol. The summed E-state index contributed by atoms with van der Waals surface area (Å²) in [5, 5.41) is 4.64. The Morgan fingerprint density at radius 2 is 2.15 bits per heavy atom. The molecule has 0 spiro atoms. The second-order valence-electron chi connectivity index (χ2n) is 4.13. The van der Waals surface area contributed by atoms with E-state index >= 15 is 0 Å². The van der Waals surface area contributed by atoms with E-state index in [0.29, 0.717) is 21.9 Å². The average molecular weight is 306 g/mol. The van der Waals surface area contributed by atoms with Gasteiger partial charge in [-0.15, -0.1) is 11.3 Å². The first-order valence-corrected chi connectivity index (χ1v) is 7.15. The van der Waals surface area contributed by atoms with Gasteiger partial charge in [0.15, 0.2) is 0 Å². The highest BCUT2D eigenvalue weighted by molar-refractivity contribution is 7.80. The van der Waals surface area contributed by atoms with Crippen LogP contribution >= 0.6 is 23.6 Å². The fourth-order valence-electron chi connectivity index (χ4n) is 1.90. The lowest BCUT2D eigenvalue weighted by atomic mass is 10.1. The summed E-state index contributed by atoms with van der Waals surface area (Å²) in [5.41, 5.74) is 7.94. The summed E-state index contributed by atoms with van der Waals surface area (Å²) < 4.78 is 5.14. The van der Waals surface area contributed by atoms with E-state index in [2.05, 4.69) is 5.32 Å². The molecule has 0 bridgehead atoms. The minimum Gasteiger partial charge on any atom is -0.495 e. The number of methoxy groups -OCH3 is 1. The van der Waals surface area contributed by atoms with Crippen LogP contribution in [0.25, 0.3) is 0 Å². The van der Waals surface area contributed by atoms with E-state index in [1.165, 1.54) is 18.4 Å². The number of aryl methyl sites for hydroxylation is 1. The van der Waals surface area contributed by atoms with E-state index in [1.807, 2.05) is 19.1 Å². The third-order valence-corrected chi connectivity index (χ3v) is 3.92. The molecule has 6 heteroatoms. The number of benzene rings is 1. The molecule has 1 heterocycles. The number of nitrogens with two attached hydrogens (primary N) is 1. The Hall–Kier alpha value is -1.92. The highest BCUT2D eigenvalue weighted by Gasteiger charge is 2.16. The van der Waals surface area contributed by atoms with Crippen molar-refractivity contribution in [1.29, 1.82) is 0 Å². The van der Waals surface area contributed by atoms with Crippen LogP contribution in [0.1, 0.15) is 20.8 Å². The second kappa shape index (κ2) is 6.02. The Kier molecular flexibility index (Phi) is 4.36. The highest BCUT2D eigenvalue weighted by Crippen LogP contribution is 2.27. The number of thiophene rings is 1. The maximum atomic E-state index is 12.3. The molecule has 4 nitrogen and oxygen atoms in total. The highest BCUT2D eigenvalue weighted by atomic mass is 32.1. The zero-order valence-corrected chi connectivity index (χ0v) is 12.7. The number of ether oxygens (including phenoxy) is 1. The van der Waals surface area contributed by atoms with Crippen LogP contribution in [0.15, 0.2) is 29.6 Å². The molecule has 20 heavy (non-hydrogen) atoms. The van der Waals surface area contributed by atoms with Gasteiger partial charge >= 0.3 is 0 Å². The third kappa shape index (κ3) is 2.81. The van der Waals surface area contributed by atoms with E-state index < -0.39 is 0 Å². The van der Waals surface area contributed by atoms with Crippen LogP contribution in [0.5, 0.6) is 5.75 Å². The zero-order chi connectivity index (χ0) is 14.7. The van der Waals surface area contributed by atoms with Gasteiger partial charge in [-0.2, -0.15) is 0 Å². The van der Waals surface area contributed by atoms with Gasteiger partial charge in [0.05, 0.1) is 12.8 Å². The lowest BCUT2D eigenvalue weighted by Crippen LogP contribution is -2.18. The number of nitrogens with one attached hydrogen (secondary N) is 1. The number of hydrogen-bond acceptors (Lipinski definition) is 4. The number of thiocarbonyl (C=S) groups is 1. The van der Waals surface area contributed by atoms with E-state index in [-0.39, 0.29) is 10.9 Å². The normalized spacial score (nSPS) is 10.1. The largest absolute Gasteiger partial charge is 0.495 e. The van der Waals surface area contributed by atoms with Gasteiger partial charge in [0, 0.05) is 5.56 Å². The minimum absolute atomic E-state index is 0.236. The number of carbonyl (C=O) groups is 1. The molecule has 104 valence electrons. The fourth-order valence-corrected chi connectivity index (χ4v) is 2.93. The molecule has 0 aliphatic rings. The van der Waals surface area contributed by atoms with Crippen molar-refractivity contribution >= 4 is 40.1 Å². The van der Waals surface area contributed by atoms with Gasteiger partial charge in [-0.05, 0) is 30.0 Å². The Morgan fingerprint density at radius 1 is 1.40 bits per heavy atom. The van der Waals surface area contributed by atoms with E-state index in [4.69, 9.17) is 22.7 Å². The quantitative estimate of drug-likeness (QED) is 0.852. The molecule has 2 rings (SSSR count). The lowest BCUT2D eigenvalue weighted by molar-refractivity contribution is 0.102. The van der Waals surface area contributed by atoms with Crippen molar-refractivity contribution in [3.8, 4) is 5.75 Å². The third-order valence-electron chi connectivity index (χ3n) is 2.82. The zero-order valence-electron chi connectivity index (χ0n) is 11.1. The summed E-state index contributed by atoms with van der Waals surface area (Å²) >= 11 is 6.36. The molecule has 0 saturated heterocycles. The lowest BCUT2D eigenvalue weighted by Gasteiger charge is -2.12. The fraction of sp³-hybridized carbons (Fsp3) is 0.143. The maximum Gasteiger partial charge on any atom is 0.269 e. The number of rotatable bonds is 4. The number of carbonyl (C=O) groups excluding carboxylic acids is 1. The molecule has 1 aromatic carbocycles. The Balaban J connectivity index is 2.33. The van der Waals surface area contributed by atoms with Crippen molar-refractivity contribution in [1.82, 2.24) is 0 Å². The minimum atomic E-state index is -0.236. The first kappa shape index (κ1) is 14.5. The Labute approximate surface area is 126 Å². The molecule has 0 atom stereocenters. The van der Waals surface area contributed by atoms with Gasteiger partial charge in [-0.3, -0.25) is 4.79 Å². The molecule has 1 aromatic heterocycles. The van der Waals surface area contributed by atoms with Crippen molar-refractivity contribution in [2.75, 3.05) is 12.4 Å². The van der Waals surface area contributed by atoms with E-state index in [0.717, 1.165) is 5.56 Å². The van der Waals surface area contributed by atoms with Gasteiger partial charge < -0.3 is 15.8 Å². The monoisotopic (exact) mass is 306 g/mol. The molecule has 0 radical (unpaired) electrons. The summed E-state index contributed by atoms with van der Waals surface area (Å²) in [6.45, 7) is 1.90. The smallest absolute Gasteiger partial charge is 0.269 e. The SMILES string of the molecule is COc1ccsc1C(=O)Nc1cccc(C)c1C(N)=S. The summed E-state index contributed by atoms with van der Waals surface area (Å²) in [7, 11) is 1.53. The summed E-state index contributed by atoms with van der Waals surface area (Å²) in [6, 6.07) is 7.28. The Bertz CT molecular complexity index is 665. The number of hydrogen-bond donors (Lipinski definition) is 2. The molecule has 3 N–H and O–H groups in total. The van der Waals surface area contributed by atoms with Crippen molar-refractivity contribution in [3.05, 3.63) is 45.6 Å². The molecular formula is C14H14N2O2S2. The number of amides is 1. The standard InChI is InChI=1S/C14H14N2O2S2/c1-8-4-3-5-9(11(8)13(15)19)16-14(17)12-10(18-2)6-7-20-12/h3-7H,1-2H3,(H2,15,19)(H,16,17). The predicted molar refractivity (Wildman–Crippen MR) is 85.9 cm³/mol. The van der Waals surface area contributed by atoms with Crippen LogP contribution in [-0.4, -0.2) is 18.0 Å². The molecule has 0 unspecified atom stereocenters. The summed E-state index contributed by atoms with van der Waals surface area (Å²) in [5.74, 6) is 0.317. The van der Waals surface area contributed by atoms with Crippen LogP contribution in [0.4, 0.5) is 5.69 Å². The number of anilines is 1. The predicted octanol–water partition coefficient (Wildman–Crippen LogP) is 2.95. The van der Waals surface area contributed by atoms with Gasteiger partial charge in [-0.25, -0.2) is 0 Å². The van der Waals surface area contributed by atoms with Gasteiger partial charge in [-0.1, -0.05) is 24.4 Å². The average Bonchev–Trinajstić information content (AvgIpc) is 2.86. The first-order chi connectivity index (χ1) is 9.54. The van der Waals surface area contributed by atoms with E-state index in [9.17, 15) is 4.79 Å². The van der Waals surface area contributed by atoms with E-state index in [1.54, 1.807) is 17.5 Å². The van der Waals surface area contributed by atoms with Crippen LogP contribution in [0.2, 0.25) is 0 Å². The first-order valence-electron chi connectivity index (χ1n) is 5.87. The maximum absolute atomic E-state index is 12.3. The van der Waals surface area contributed by atoms with Crippen LogP contribution in [0, 0.1) is 6.92 Å². The van der Waals surface area contributed by atoms with Gasteiger partial charge in [0.2, 0.25) is 0 Å². The topological polar surface area (TPSA) is 64.3 Å². The molecule has 1 amide bonds. The van der Waals surface area contributed by atoms with Gasteiger partial charge in [0.1, 0.15) is 15.6 Å². The summed E-state index contributed by atoms with van der Waals surface area (Å²) in [4.78, 5) is 13.1.